The van der Waals surface area contributed by atoms with Crippen LogP contribution in [0.1, 0.15) is 16.7 Å². The predicted octanol–water partition coefficient (Wildman–Crippen LogP) is 7.49. The number of benzene rings is 3. The molecule has 0 amide bonds. The van der Waals surface area contributed by atoms with E-state index in [4.69, 9.17) is 20.9 Å². The molecule has 3 aromatic rings. The lowest BCUT2D eigenvalue weighted by atomic mass is 10.1. The van der Waals surface area contributed by atoms with Crippen LogP contribution in [0, 0.1) is 0 Å². The van der Waals surface area contributed by atoms with Crippen molar-refractivity contribution in [2.24, 2.45) is 0 Å². The smallest absolute Gasteiger partial charge is 0.423 e. The lowest BCUT2D eigenvalue weighted by Gasteiger charge is -2.21. The van der Waals surface area contributed by atoms with Gasteiger partial charge in [0.15, 0.2) is 0 Å². The van der Waals surface area contributed by atoms with Gasteiger partial charge in [0, 0.05) is 23.5 Å². The van der Waals surface area contributed by atoms with Gasteiger partial charge in [-0.15, -0.1) is 0 Å². The largest absolute Gasteiger partial charge is 0.456 e. The fourth-order valence-corrected chi connectivity index (χ4v) is 2.91. The summed E-state index contributed by atoms with van der Waals surface area (Å²) >= 11 is 0. The van der Waals surface area contributed by atoms with E-state index in [1.165, 1.54) is 0 Å². The Hall–Kier alpha value is -3.77. The predicted molar refractivity (Wildman–Crippen MR) is 103 cm³/mol. The molecule has 0 heterocycles. The Morgan fingerprint density at radius 3 is 1.21 bits per heavy atom. The first kappa shape index (κ1) is 24.9. The maximum absolute atomic E-state index is 13.9. The van der Waals surface area contributed by atoms with E-state index in [1.807, 2.05) is 0 Å². The molecule has 182 valence electrons. The molecule has 0 aliphatic rings. The van der Waals surface area contributed by atoms with Crippen molar-refractivity contribution in [3.05, 3.63) is 71.3 Å². The lowest BCUT2D eigenvalue weighted by molar-refractivity contribution is -0.140. The Kier molecular flexibility index (Phi) is 6.24. The first-order valence-corrected chi connectivity index (χ1v) is 9.06. The number of nitrogens with two attached hydrogens (primary N) is 2. The molecule has 0 aliphatic carbocycles. The van der Waals surface area contributed by atoms with Gasteiger partial charge in [-0.25, -0.2) is 0 Å². The quantitative estimate of drug-likeness (QED) is 0.290. The maximum Gasteiger partial charge on any atom is 0.423 e. The van der Waals surface area contributed by atoms with Crippen LogP contribution in [-0.2, 0) is 18.5 Å². The third-order valence-electron chi connectivity index (χ3n) is 4.33. The van der Waals surface area contributed by atoms with Gasteiger partial charge in [0.1, 0.15) is 28.6 Å². The SMILES string of the molecule is Nc1ccc(C(F)(F)F)c(Oc2cccc(Oc3cc(N)ccc3C(F)(F)F)c2C(F)(F)F)c1. The molecule has 0 radical (unpaired) electrons. The molecule has 0 atom stereocenters. The second-order valence-electron chi connectivity index (χ2n) is 6.84. The summed E-state index contributed by atoms with van der Waals surface area (Å²) in [5.74, 6) is -4.40. The fourth-order valence-electron chi connectivity index (χ4n) is 2.91. The minimum atomic E-state index is -5.30. The van der Waals surface area contributed by atoms with Crippen molar-refractivity contribution in [2.75, 3.05) is 11.5 Å². The van der Waals surface area contributed by atoms with Gasteiger partial charge in [-0.05, 0) is 36.4 Å². The summed E-state index contributed by atoms with van der Waals surface area (Å²) in [5, 5.41) is 0. The Balaban J connectivity index is 2.16. The van der Waals surface area contributed by atoms with Crippen LogP contribution in [0.25, 0.3) is 0 Å². The Labute approximate surface area is 185 Å². The lowest BCUT2D eigenvalue weighted by Crippen LogP contribution is -2.12. The molecular weight excluding hydrogens is 483 g/mol. The number of anilines is 2. The van der Waals surface area contributed by atoms with Crippen molar-refractivity contribution in [1.29, 1.82) is 0 Å². The van der Waals surface area contributed by atoms with Gasteiger partial charge in [0.2, 0.25) is 0 Å². The number of nitrogen functional groups attached to an aromatic ring is 2. The Morgan fingerprint density at radius 2 is 0.882 bits per heavy atom. The fraction of sp³-hybridized carbons (Fsp3) is 0.143. The summed E-state index contributed by atoms with van der Waals surface area (Å²) in [4.78, 5) is 0. The molecule has 0 aliphatic heterocycles. The molecule has 0 saturated heterocycles. The topological polar surface area (TPSA) is 70.5 Å². The van der Waals surface area contributed by atoms with Gasteiger partial charge >= 0.3 is 18.5 Å². The van der Waals surface area contributed by atoms with Crippen molar-refractivity contribution in [1.82, 2.24) is 0 Å². The average molecular weight is 496 g/mol. The normalized spacial score (nSPS) is 12.5. The molecule has 4 nitrogen and oxygen atoms in total. The minimum Gasteiger partial charge on any atom is -0.456 e. The molecule has 3 rings (SSSR count). The molecule has 0 unspecified atom stereocenters. The molecule has 34 heavy (non-hydrogen) atoms. The van der Waals surface area contributed by atoms with Crippen LogP contribution in [0.3, 0.4) is 0 Å². The van der Waals surface area contributed by atoms with Crippen LogP contribution >= 0.6 is 0 Å². The molecule has 0 bridgehead atoms. The molecule has 0 fully saturated rings. The molecule has 0 spiro atoms. The zero-order chi connectivity index (χ0) is 25.5. The molecular formula is C21H13F9N2O2. The van der Waals surface area contributed by atoms with Crippen molar-refractivity contribution < 1.29 is 49.0 Å². The van der Waals surface area contributed by atoms with Crippen LogP contribution in [0.2, 0.25) is 0 Å². The van der Waals surface area contributed by atoms with E-state index < -0.39 is 58.2 Å². The number of ether oxygens (including phenoxy) is 2. The molecule has 3 aromatic carbocycles. The van der Waals surface area contributed by atoms with Crippen LogP contribution in [0.5, 0.6) is 23.0 Å². The highest BCUT2D eigenvalue weighted by atomic mass is 19.4. The van der Waals surface area contributed by atoms with Gasteiger partial charge in [-0.3, -0.25) is 0 Å². The highest BCUT2D eigenvalue weighted by molar-refractivity contribution is 5.56. The Morgan fingerprint density at radius 1 is 0.500 bits per heavy atom. The second kappa shape index (κ2) is 8.54. The van der Waals surface area contributed by atoms with Gasteiger partial charge in [-0.1, -0.05) is 6.07 Å². The van der Waals surface area contributed by atoms with Crippen LogP contribution in [0.15, 0.2) is 54.6 Å². The van der Waals surface area contributed by atoms with Gasteiger partial charge in [-0.2, -0.15) is 39.5 Å². The minimum absolute atomic E-state index is 0.237. The average Bonchev–Trinajstić information content (AvgIpc) is 2.65. The number of hydrogen-bond acceptors (Lipinski definition) is 4. The maximum atomic E-state index is 13.9. The van der Waals surface area contributed by atoms with Crippen molar-refractivity contribution in [3.63, 3.8) is 0 Å². The molecule has 0 saturated carbocycles. The van der Waals surface area contributed by atoms with Crippen molar-refractivity contribution in [2.45, 2.75) is 18.5 Å². The number of alkyl halides is 9. The number of rotatable bonds is 4. The van der Waals surface area contributed by atoms with E-state index in [-0.39, 0.29) is 11.4 Å². The second-order valence-corrected chi connectivity index (χ2v) is 6.84. The van der Waals surface area contributed by atoms with Crippen molar-refractivity contribution in [3.8, 4) is 23.0 Å². The zero-order valence-electron chi connectivity index (χ0n) is 16.6. The van der Waals surface area contributed by atoms with Crippen LogP contribution in [0.4, 0.5) is 50.9 Å². The molecule has 4 N–H and O–H groups in total. The summed E-state index contributed by atoms with van der Waals surface area (Å²) in [6.07, 6.45) is -15.3. The van der Waals surface area contributed by atoms with Crippen molar-refractivity contribution >= 4 is 11.4 Å². The summed E-state index contributed by atoms with van der Waals surface area (Å²) in [7, 11) is 0. The highest BCUT2D eigenvalue weighted by Gasteiger charge is 2.41. The van der Waals surface area contributed by atoms with E-state index in [2.05, 4.69) is 0 Å². The number of hydrogen-bond donors (Lipinski definition) is 2. The van der Waals surface area contributed by atoms with E-state index in [1.54, 1.807) is 0 Å². The summed E-state index contributed by atoms with van der Waals surface area (Å²) in [6, 6.07) is 6.37. The van der Waals surface area contributed by atoms with E-state index >= 15 is 0 Å². The number of halogens is 9. The first-order chi connectivity index (χ1) is 15.6. The highest BCUT2D eigenvalue weighted by Crippen LogP contribution is 2.48. The Bertz CT molecular complexity index is 1120. The van der Waals surface area contributed by atoms with E-state index in [0.29, 0.717) is 36.4 Å². The summed E-state index contributed by atoms with van der Waals surface area (Å²) < 4.78 is 131. The van der Waals surface area contributed by atoms with E-state index in [0.717, 1.165) is 18.2 Å². The van der Waals surface area contributed by atoms with Crippen LogP contribution in [-0.4, -0.2) is 0 Å². The third kappa shape index (κ3) is 5.41. The monoisotopic (exact) mass is 496 g/mol. The zero-order valence-corrected chi connectivity index (χ0v) is 16.6. The van der Waals surface area contributed by atoms with Gasteiger partial charge < -0.3 is 20.9 Å². The standard InChI is InChI=1S/C21H13F9N2O2/c22-19(23,24)12-6-4-10(31)8-16(12)33-14-2-1-3-15(18(14)21(28,29)30)34-17-9-11(32)5-7-13(17)20(25,26)27/h1-9H,31-32H2. The van der Waals surface area contributed by atoms with E-state index in [9.17, 15) is 39.5 Å². The molecule has 13 heteroatoms. The van der Waals surface area contributed by atoms with Gasteiger partial charge in [0.25, 0.3) is 0 Å². The third-order valence-corrected chi connectivity index (χ3v) is 4.33. The van der Waals surface area contributed by atoms with Crippen LogP contribution < -0.4 is 20.9 Å². The summed E-state index contributed by atoms with van der Waals surface area (Å²) in [6.45, 7) is 0. The summed E-state index contributed by atoms with van der Waals surface area (Å²) in [5.41, 5.74) is 5.81. The van der Waals surface area contributed by atoms with Gasteiger partial charge in [0.05, 0.1) is 11.1 Å². The molecule has 0 aromatic heterocycles. The first-order valence-electron chi connectivity index (χ1n) is 9.06.